The van der Waals surface area contributed by atoms with Crippen molar-refractivity contribution in [2.45, 2.75) is 52.9 Å². The molecule has 0 fully saturated rings. The lowest BCUT2D eigenvalue weighted by Gasteiger charge is -2.07. The highest BCUT2D eigenvalue weighted by Crippen LogP contribution is 2.13. The summed E-state index contributed by atoms with van der Waals surface area (Å²) in [5, 5.41) is 0. The van der Waals surface area contributed by atoms with Crippen molar-refractivity contribution in [3.05, 3.63) is 24.3 Å². The number of hydrogen-bond acceptors (Lipinski definition) is 1. The van der Waals surface area contributed by atoms with Gasteiger partial charge in [-0.1, -0.05) is 57.9 Å². The largest absolute Gasteiger partial charge is 0.330 e. The lowest BCUT2D eigenvalue weighted by atomic mass is 10.0. The van der Waals surface area contributed by atoms with Crippen LogP contribution in [0, 0.1) is 24.7 Å². The molecule has 1 atom stereocenters. The first-order chi connectivity index (χ1) is 8.60. The van der Waals surface area contributed by atoms with E-state index in [1.54, 1.807) is 0 Å². The van der Waals surface area contributed by atoms with Gasteiger partial charge in [0.1, 0.15) is 0 Å². The van der Waals surface area contributed by atoms with Crippen LogP contribution in [-0.2, 0) is 0 Å². The van der Waals surface area contributed by atoms with Gasteiger partial charge >= 0.3 is 0 Å². The molecular weight excluding hydrogens is 218 g/mol. The van der Waals surface area contributed by atoms with Crippen LogP contribution < -0.4 is 5.73 Å². The zero-order valence-corrected chi connectivity index (χ0v) is 12.5. The lowest BCUT2D eigenvalue weighted by molar-refractivity contribution is 0.538. The van der Waals surface area contributed by atoms with Crippen LogP contribution in [0.15, 0.2) is 24.3 Å². The predicted octanol–water partition coefficient (Wildman–Crippen LogP) is 4.55. The molecule has 0 radical (unpaired) electrons. The molecule has 2 N–H and O–H groups in total. The molecular formula is C17H31N. The summed E-state index contributed by atoms with van der Waals surface area (Å²) in [4.78, 5) is 0. The van der Waals surface area contributed by atoms with Crippen molar-refractivity contribution >= 4 is 0 Å². The van der Waals surface area contributed by atoms with Gasteiger partial charge in [0.15, 0.2) is 0 Å². The lowest BCUT2D eigenvalue weighted by Crippen LogP contribution is -2.10. The van der Waals surface area contributed by atoms with Crippen LogP contribution >= 0.6 is 0 Å². The summed E-state index contributed by atoms with van der Waals surface area (Å²) in [6.45, 7) is 11.6. The van der Waals surface area contributed by atoms with Crippen LogP contribution in [0.5, 0.6) is 0 Å². The Morgan fingerprint density at radius 2 is 1.89 bits per heavy atom. The fourth-order valence-electron chi connectivity index (χ4n) is 1.64. The maximum Gasteiger partial charge on any atom is -0.00142 e. The Morgan fingerprint density at radius 3 is 2.33 bits per heavy atom. The molecule has 104 valence electrons. The molecule has 18 heavy (non-hydrogen) atoms. The van der Waals surface area contributed by atoms with E-state index in [0.29, 0.717) is 5.92 Å². The first kappa shape index (κ1) is 19.3. The quantitative estimate of drug-likeness (QED) is 0.362. The first-order valence-electron chi connectivity index (χ1n) is 6.99. The summed E-state index contributed by atoms with van der Waals surface area (Å²) in [5.41, 5.74) is 6.89. The standard InChI is InChI=1S/C15H29N.C2H2/c1-5-15(12-16)11-10-14(4)9-7-6-8-13(2)3;1-2/h10-11,13,15H,4-9,12,16H2,1-3H3;1-2H/b11-10-;. The topological polar surface area (TPSA) is 26.0 Å². The Morgan fingerprint density at radius 1 is 1.28 bits per heavy atom. The molecule has 0 aromatic heterocycles. The SMILES string of the molecule is C#C.C=C(/C=C\C(CC)CN)CCCCC(C)C. The average Bonchev–Trinajstić information content (AvgIpc) is 2.38. The number of allylic oxidation sites excluding steroid dienone is 2. The second kappa shape index (κ2) is 14.1. The van der Waals surface area contributed by atoms with Crippen LogP contribution in [0.1, 0.15) is 52.9 Å². The van der Waals surface area contributed by atoms with E-state index in [9.17, 15) is 0 Å². The van der Waals surface area contributed by atoms with Gasteiger partial charge in [-0.3, -0.25) is 0 Å². The van der Waals surface area contributed by atoms with Gasteiger partial charge in [0.25, 0.3) is 0 Å². The second-order valence-corrected chi connectivity index (χ2v) is 5.06. The van der Waals surface area contributed by atoms with Crippen molar-refractivity contribution in [2.75, 3.05) is 6.54 Å². The molecule has 1 nitrogen and oxygen atoms in total. The minimum Gasteiger partial charge on any atom is -0.330 e. The molecule has 0 rings (SSSR count). The molecule has 1 unspecified atom stereocenters. The summed E-state index contributed by atoms with van der Waals surface area (Å²) >= 11 is 0. The Balaban J connectivity index is 0. The number of nitrogens with two attached hydrogens (primary N) is 1. The Bertz CT molecular complexity index is 231. The summed E-state index contributed by atoms with van der Waals surface area (Å²) in [6, 6.07) is 0. The molecule has 0 aromatic carbocycles. The molecule has 0 aromatic rings. The van der Waals surface area contributed by atoms with Crippen LogP contribution in [0.2, 0.25) is 0 Å². The summed E-state index contributed by atoms with van der Waals surface area (Å²) < 4.78 is 0. The van der Waals surface area contributed by atoms with E-state index >= 15 is 0 Å². The number of rotatable bonds is 9. The highest BCUT2D eigenvalue weighted by molar-refractivity contribution is 5.15. The van der Waals surface area contributed by atoms with Crippen molar-refractivity contribution in [3.8, 4) is 12.8 Å². The van der Waals surface area contributed by atoms with Crippen molar-refractivity contribution in [1.29, 1.82) is 0 Å². The van der Waals surface area contributed by atoms with E-state index in [1.807, 2.05) is 0 Å². The number of unbranched alkanes of at least 4 members (excludes halogenated alkanes) is 1. The fraction of sp³-hybridized carbons (Fsp3) is 0.647. The predicted molar refractivity (Wildman–Crippen MR) is 84.3 cm³/mol. The van der Waals surface area contributed by atoms with Gasteiger partial charge in [0, 0.05) is 0 Å². The normalized spacial score (nSPS) is 12.2. The zero-order valence-electron chi connectivity index (χ0n) is 12.5. The Labute approximate surface area is 115 Å². The molecule has 0 amide bonds. The molecule has 0 heterocycles. The van der Waals surface area contributed by atoms with Gasteiger partial charge in [-0.15, -0.1) is 12.8 Å². The third-order valence-corrected chi connectivity index (χ3v) is 2.96. The summed E-state index contributed by atoms with van der Waals surface area (Å²) in [6.07, 6.45) is 18.5. The molecule has 0 bridgehead atoms. The van der Waals surface area contributed by atoms with Gasteiger partial charge < -0.3 is 5.73 Å². The van der Waals surface area contributed by atoms with E-state index in [2.05, 4.69) is 52.3 Å². The molecule has 0 saturated carbocycles. The first-order valence-corrected chi connectivity index (χ1v) is 6.99. The highest BCUT2D eigenvalue weighted by Gasteiger charge is 1.98. The van der Waals surface area contributed by atoms with Crippen molar-refractivity contribution in [2.24, 2.45) is 17.6 Å². The maximum atomic E-state index is 5.64. The van der Waals surface area contributed by atoms with Gasteiger partial charge in [0.05, 0.1) is 0 Å². The third-order valence-electron chi connectivity index (χ3n) is 2.96. The van der Waals surface area contributed by atoms with Crippen molar-refractivity contribution in [3.63, 3.8) is 0 Å². The monoisotopic (exact) mass is 249 g/mol. The number of hydrogen-bond donors (Lipinski definition) is 1. The van der Waals surface area contributed by atoms with E-state index in [0.717, 1.165) is 25.3 Å². The Kier molecular flexibility index (Phi) is 15.1. The summed E-state index contributed by atoms with van der Waals surface area (Å²) in [5.74, 6) is 1.35. The smallest absolute Gasteiger partial charge is 0.00142 e. The van der Waals surface area contributed by atoms with Crippen LogP contribution in [0.3, 0.4) is 0 Å². The molecule has 0 aliphatic rings. The molecule has 0 aliphatic heterocycles. The van der Waals surface area contributed by atoms with Gasteiger partial charge in [-0.05, 0) is 37.6 Å². The van der Waals surface area contributed by atoms with E-state index in [1.165, 1.54) is 24.8 Å². The van der Waals surface area contributed by atoms with Crippen molar-refractivity contribution in [1.82, 2.24) is 0 Å². The zero-order chi connectivity index (χ0) is 14.4. The highest BCUT2D eigenvalue weighted by atomic mass is 14.5. The minimum atomic E-state index is 0.521. The van der Waals surface area contributed by atoms with E-state index in [-0.39, 0.29) is 0 Å². The van der Waals surface area contributed by atoms with Gasteiger partial charge in [-0.25, -0.2) is 0 Å². The van der Waals surface area contributed by atoms with E-state index in [4.69, 9.17) is 5.73 Å². The maximum absolute atomic E-state index is 5.64. The van der Waals surface area contributed by atoms with E-state index < -0.39 is 0 Å². The fourth-order valence-corrected chi connectivity index (χ4v) is 1.64. The summed E-state index contributed by atoms with van der Waals surface area (Å²) in [7, 11) is 0. The van der Waals surface area contributed by atoms with Crippen molar-refractivity contribution < 1.29 is 0 Å². The number of terminal acetylenes is 1. The second-order valence-electron chi connectivity index (χ2n) is 5.06. The third kappa shape index (κ3) is 13.1. The molecule has 0 spiro atoms. The minimum absolute atomic E-state index is 0.521. The van der Waals surface area contributed by atoms with Crippen LogP contribution in [0.25, 0.3) is 0 Å². The van der Waals surface area contributed by atoms with Crippen LogP contribution in [-0.4, -0.2) is 6.54 Å². The average molecular weight is 249 g/mol. The molecule has 0 aliphatic carbocycles. The van der Waals surface area contributed by atoms with Gasteiger partial charge in [-0.2, -0.15) is 0 Å². The molecule has 0 saturated heterocycles. The van der Waals surface area contributed by atoms with Gasteiger partial charge in [0.2, 0.25) is 0 Å². The Hall–Kier alpha value is -1.00. The van der Waals surface area contributed by atoms with Crippen LogP contribution in [0.4, 0.5) is 0 Å². The molecule has 1 heteroatoms.